The second-order valence-electron chi connectivity index (χ2n) is 6.78. The van der Waals surface area contributed by atoms with Crippen molar-refractivity contribution in [2.45, 2.75) is 39.7 Å². The number of rotatable bonds is 4. The first-order valence-electron chi connectivity index (χ1n) is 7.88. The van der Waals surface area contributed by atoms with Crippen molar-refractivity contribution in [1.82, 2.24) is 10.3 Å². The maximum Gasteiger partial charge on any atom is 0.255 e. The number of pyridine rings is 1. The van der Waals surface area contributed by atoms with Crippen LogP contribution in [0.25, 0.3) is 11.1 Å². The molecule has 0 fully saturated rings. The molecular weight excluding hydrogens is 304 g/mol. The van der Waals surface area contributed by atoms with Crippen molar-refractivity contribution in [3.8, 4) is 16.9 Å². The summed E-state index contributed by atoms with van der Waals surface area (Å²) in [5.41, 5.74) is 2.92. The van der Waals surface area contributed by atoms with E-state index in [1.807, 2.05) is 12.1 Å². The van der Waals surface area contributed by atoms with E-state index in [1.165, 1.54) is 6.92 Å². The number of aromatic nitrogens is 1. The van der Waals surface area contributed by atoms with Crippen molar-refractivity contribution in [2.75, 3.05) is 7.11 Å². The molecule has 1 aromatic carbocycles. The zero-order chi connectivity index (χ0) is 17.9. The first-order chi connectivity index (χ1) is 11.2. The van der Waals surface area contributed by atoms with E-state index in [0.29, 0.717) is 12.1 Å². The Balaban J connectivity index is 2.70. The predicted molar refractivity (Wildman–Crippen MR) is 95.3 cm³/mol. The van der Waals surface area contributed by atoms with Crippen LogP contribution < -0.4 is 15.6 Å². The van der Waals surface area contributed by atoms with Crippen molar-refractivity contribution in [3.63, 3.8) is 0 Å². The summed E-state index contributed by atoms with van der Waals surface area (Å²) in [6.45, 7) is 8.08. The van der Waals surface area contributed by atoms with Gasteiger partial charge in [-0.3, -0.25) is 9.59 Å². The van der Waals surface area contributed by atoms with Crippen molar-refractivity contribution in [1.29, 1.82) is 0 Å². The van der Waals surface area contributed by atoms with Gasteiger partial charge in [-0.05, 0) is 40.8 Å². The molecule has 0 atom stereocenters. The second-order valence-corrected chi connectivity index (χ2v) is 6.78. The van der Waals surface area contributed by atoms with Crippen molar-refractivity contribution in [2.24, 2.45) is 0 Å². The van der Waals surface area contributed by atoms with E-state index >= 15 is 0 Å². The molecule has 1 amide bonds. The zero-order valence-electron chi connectivity index (χ0n) is 14.8. The Morgan fingerprint density at radius 2 is 1.96 bits per heavy atom. The Hall–Kier alpha value is -2.56. The number of amides is 1. The monoisotopic (exact) mass is 328 g/mol. The van der Waals surface area contributed by atoms with E-state index in [0.717, 1.165) is 22.4 Å². The number of H-pyrrole nitrogens is 1. The highest BCUT2D eigenvalue weighted by Crippen LogP contribution is 2.36. The smallest absolute Gasteiger partial charge is 0.255 e. The van der Waals surface area contributed by atoms with Crippen LogP contribution in [-0.2, 0) is 16.8 Å². The normalized spacial score (nSPS) is 11.2. The predicted octanol–water partition coefficient (Wildman–Crippen LogP) is 2.98. The van der Waals surface area contributed by atoms with Gasteiger partial charge in [0.2, 0.25) is 5.91 Å². The van der Waals surface area contributed by atoms with Gasteiger partial charge in [-0.25, -0.2) is 0 Å². The van der Waals surface area contributed by atoms with E-state index in [1.54, 1.807) is 25.4 Å². The van der Waals surface area contributed by atoms with Gasteiger partial charge in [-0.1, -0.05) is 20.8 Å². The molecule has 0 aliphatic rings. The Labute approximate surface area is 142 Å². The lowest BCUT2D eigenvalue weighted by molar-refractivity contribution is -0.119. The van der Waals surface area contributed by atoms with E-state index in [2.05, 4.69) is 31.1 Å². The van der Waals surface area contributed by atoms with Gasteiger partial charge in [-0.15, -0.1) is 0 Å². The molecule has 1 aromatic heterocycles. The number of ether oxygens (including phenoxy) is 1. The highest BCUT2D eigenvalue weighted by Gasteiger charge is 2.22. The lowest BCUT2D eigenvalue weighted by Gasteiger charge is -2.24. The summed E-state index contributed by atoms with van der Waals surface area (Å²) in [4.78, 5) is 26.3. The summed E-state index contributed by atoms with van der Waals surface area (Å²) < 4.78 is 5.54. The fraction of sp³-hybridized carbons (Fsp3) is 0.368. The minimum Gasteiger partial charge on any atom is -0.496 e. The van der Waals surface area contributed by atoms with E-state index in [4.69, 9.17) is 4.74 Å². The van der Waals surface area contributed by atoms with Crippen LogP contribution >= 0.6 is 0 Å². The molecule has 1 heterocycles. The van der Waals surface area contributed by atoms with Crippen LogP contribution in [0.4, 0.5) is 0 Å². The number of nitrogens with one attached hydrogen (secondary N) is 2. The maximum absolute atomic E-state index is 12.3. The SMILES string of the molecule is COc1cc(CNC(C)=O)c(-c2ccc[nH]c2=O)cc1C(C)(C)C. The molecular formula is C19H24N2O3. The van der Waals surface area contributed by atoms with Gasteiger partial charge in [0.05, 0.1) is 7.11 Å². The lowest BCUT2D eigenvalue weighted by Crippen LogP contribution is -2.21. The van der Waals surface area contributed by atoms with E-state index < -0.39 is 0 Å². The third kappa shape index (κ3) is 3.85. The molecule has 0 saturated carbocycles. The Kier molecular flexibility index (Phi) is 5.12. The highest BCUT2D eigenvalue weighted by atomic mass is 16.5. The third-order valence-electron chi connectivity index (χ3n) is 3.87. The molecule has 0 bridgehead atoms. The summed E-state index contributed by atoms with van der Waals surface area (Å²) in [5.74, 6) is 0.626. The molecule has 0 unspecified atom stereocenters. The molecule has 0 aliphatic heterocycles. The average molecular weight is 328 g/mol. The van der Waals surface area contributed by atoms with Crippen LogP contribution in [0.3, 0.4) is 0 Å². The summed E-state index contributed by atoms with van der Waals surface area (Å²) in [7, 11) is 1.63. The number of carbonyl (C=O) groups is 1. The first-order valence-corrected chi connectivity index (χ1v) is 7.88. The number of benzene rings is 1. The molecule has 2 rings (SSSR count). The summed E-state index contributed by atoms with van der Waals surface area (Å²) in [6, 6.07) is 7.46. The largest absolute Gasteiger partial charge is 0.496 e. The summed E-state index contributed by atoms with van der Waals surface area (Å²) in [6.07, 6.45) is 1.60. The van der Waals surface area contributed by atoms with Crippen LogP contribution in [-0.4, -0.2) is 18.0 Å². The summed E-state index contributed by atoms with van der Waals surface area (Å²) >= 11 is 0. The number of methoxy groups -OCH3 is 1. The van der Waals surface area contributed by atoms with Crippen LogP contribution in [0, 0.1) is 0 Å². The molecule has 128 valence electrons. The fourth-order valence-corrected chi connectivity index (χ4v) is 2.63. The Morgan fingerprint density at radius 1 is 1.25 bits per heavy atom. The Morgan fingerprint density at radius 3 is 2.50 bits per heavy atom. The Bertz CT molecular complexity index is 801. The van der Waals surface area contributed by atoms with Crippen molar-refractivity contribution < 1.29 is 9.53 Å². The minimum absolute atomic E-state index is 0.123. The summed E-state index contributed by atoms with van der Waals surface area (Å²) in [5, 5.41) is 2.79. The molecule has 0 saturated heterocycles. The van der Waals surface area contributed by atoms with Crippen LogP contribution in [0.2, 0.25) is 0 Å². The molecule has 24 heavy (non-hydrogen) atoms. The standard InChI is InChI=1S/C19H24N2O3/c1-12(22)21-11-13-9-17(24-5)16(19(2,3)4)10-15(13)14-7-6-8-20-18(14)23/h6-10H,11H2,1-5H3,(H,20,23)(H,21,22). The van der Waals surface area contributed by atoms with Crippen LogP contribution in [0.5, 0.6) is 5.75 Å². The van der Waals surface area contributed by atoms with E-state index in [-0.39, 0.29) is 16.9 Å². The third-order valence-corrected chi connectivity index (χ3v) is 3.87. The fourth-order valence-electron chi connectivity index (χ4n) is 2.63. The number of hydrogen-bond donors (Lipinski definition) is 2. The maximum atomic E-state index is 12.3. The molecule has 2 aromatic rings. The van der Waals surface area contributed by atoms with Gasteiger partial charge < -0.3 is 15.0 Å². The van der Waals surface area contributed by atoms with Crippen molar-refractivity contribution >= 4 is 5.91 Å². The molecule has 0 aliphatic carbocycles. The molecule has 5 nitrogen and oxygen atoms in total. The lowest BCUT2D eigenvalue weighted by atomic mass is 9.83. The van der Waals surface area contributed by atoms with Gasteiger partial charge >= 0.3 is 0 Å². The van der Waals surface area contributed by atoms with Gasteiger partial charge in [-0.2, -0.15) is 0 Å². The first kappa shape index (κ1) is 17.8. The number of hydrogen-bond acceptors (Lipinski definition) is 3. The highest BCUT2D eigenvalue weighted by molar-refractivity contribution is 5.74. The molecule has 5 heteroatoms. The number of aromatic amines is 1. The van der Waals surface area contributed by atoms with Gasteiger partial charge in [0.25, 0.3) is 5.56 Å². The van der Waals surface area contributed by atoms with Crippen LogP contribution in [0.1, 0.15) is 38.8 Å². The van der Waals surface area contributed by atoms with Gasteiger partial charge in [0.1, 0.15) is 5.75 Å². The van der Waals surface area contributed by atoms with E-state index in [9.17, 15) is 9.59 Å². The van der Waals surface area contributed by atoms with Gasteiger partial charge in [0.15, 0.2) is 0 Å². The average Bonchev–Trinajstić information content (AvgIpc) is 2.51. The minimum atomic E-state index is -0.161. The second kappa shape index (κ2) is 6.91. The number of carbonyl (C=O) groups excluding carboxylic acids is 1. The zero-order valence-corrected chi connectivity index (χ0v) is 14.8. The molecule has 0 radical (unpaired) electrons. The van der Waals surface area contributed by atoms with Gasteiger partial charge in [0, 0.05) is 30.8 Å². The molecule has 2 N–H and O–H groups in total. The topological polar surface area (TPSA) is 71.2 Å². The van der Waals surface area contributed by atoms with Crippen molar-refractivity contribution in [3.05, 3.63) is 51.9 Å². The molecule has 0 spiro atoms. The quantitative estimate of drug-likeness (QED) is 0.906. The van der Waals surface area contributed by atoms with Crippen LogP contribution in [0.15, 0.2) is 35.3 Å².